The molecule has 0 unspecified atom stereocenters. The Hall–Kier alpha value is -0.120. The smallest absolute Gasteiger partial charge is 0.143 e. The molecule has 3 nitrogen and oxygen atoms in total. The Balaban J connectivity index is 2.13. The Morgan fingerprint density at radius 2 is 2.10 bits per heavy atom. The molecule has 1 aliphatic heterocycles. The summed E-state index contributed by atoms with van der Waals surface area (Å²) in [5, 5.41) is 8.45. The number of hydrogen-bond acceptors (Lipinski definition) is 3. The van der Waals surface area contributed by atoms with E-state index in [0.717, 1.165) is 25.9 Å². The fraction of sp³-hybridized carbons (Fsp3) is 1.00. The molecule has 0 aromatic rings. The standard InChI is InChI=1S/C7H15NO2/c1-8-4-2-7(3-5-8)10-6-9/h7,9H,2-6H2,1H3. The van der Waals surface area contributed by atoms with Crippen LogP contribution in [0.2, 0.25) is 0 Å². The van der Waals surface area contributed by atoms with Gasteiger partial charge >= 0.3 is 0 Å². The van der Waals surface area contributed by atoms with E-state index in [1.807, 2.05) is 0 Å². The molecule has 1 aliphatic rings. The van der Waals surface area contributed by atoms with Gasteiger partial charge in [0.15, 0.2) is 0 Å². The molecule has 1 saturated heterocycles. The van der Waals surface area contributed by atoms with Gasteiger partial charge in [0, 0.05) is 13.1 Å². The van der Waals surface area contributed by atoms with Crippen LogP contribution in [-0.2, 0) is 4.74 Å². The maximum Gasteiger partial charge on any atom is 0.143 e. The van der Waals surface area contributed by atoms with E-state index in [-0.39, 0.29) is 6.79 Å². The van der Waals surface area contributed by atoms with Gasteiger partial charge in [0.1, 0.15) is 6.79 Å². The van der Waals surface area contributed by atoms with Crippen molar-refractivity contribution >= 4 is 0 Å². The lowest BCUT2D eigenvalue weighted by molar-refractivity contribution is -0.0689. The van der Waals surface area contributed by atoms with Gasteiger partial charge in [0.2, 0.25) is 0 Å². The second-order valence-corrected chi connectivity index (χ2v) is 2.80. The topological polar surface area (TPSA) is 32.7 Å². The molecule has 0 saturated carbocycles. The van der Waals surface area contributed by atoms with Crippen LogP contribution in [0, 0.1) is 0 Å². The van der Waals surface area contributed by atoms with Crippen molar-refractivity contribution in [2.45, 2.75) is 18.9 Å². The second-order valence-electron chi connectivity index (χ2n) is 2.80. The molecule has 10 heavy (non-hydrogen) atoms. The average Bonchev–Trinajstić information content (AvgIpc) is 1.95. The highest BCUT2D eigenvalue weighted by atomic mass is 16.6. The monoisotopic (exact) mass is 145 g/mol. The van der Waals surface area contributed by atoms with E-state index in [0.29, 0.717) is 6.10 Å². The summed E-state index contributed by atoms with van der Waals surface area (Å²) in [6, 6.07) is 0. The molecule has 0 aliphatic carbocycles. The first-order valence-corrected chi connectivity index (χ1v) is 3.74. The number of aliphatic hydroxyl groups is 1. The van der Waals surface area contributed by atoms with Gasteiger partial charge in [-0.05, 0) is 19.9 Å². The van der Waals surface area contributed by atoms with Crippen LogP contribution in [0.15, 0.2) is 0 Å². The molecule has 0 atom stereocenters. The largest absolute Gasteiger partial charge is 0.371 e. The first-order chi connectivity index (χ1) is 4.83. The van der Waals surface area contributed by atoms with Crippen LogP contribution >= 0.6 is 0 Å². The minimum atomic E-state index is -0.131. The van der Waals surface area contributed by atoms with Crippen LogP contribution < -0.4 is 0 Å². The third kappa shape index (κ3) is 2.25. The minimum Gasteiger partial charge on any atom is -0.371 e. The highest BCUT2D eigenvalue weighted by molar-refractivity contribution is 4.68. The van der Waals surface area contributed by atoms with Crippen molar-refractivity contribution in [3.63, 3.8) is 0 Å². The molecular weight excluding hydrogens is 130 g/mol. The molecule has 1 rings (SSSR count). The SMILES string of the molecule is CN1CCC(OCO)CC1. The van der Waals surface area contributed by atoms with Crippen LogP contribution in [0.1, 0.15) is 12.8 Å². The maximum absolute atomic E-state index is 8.45. The van der Waals surface area contributed by atoms with Crippen molar-refractivity contribution in [2.24, 2.45) is 0 Å². The van der Waals surface area contributed by atoms with Crippen LogP contribution in [0.5, 0.6) is 0 Å². The van der Waals surface area contributed by atoms with Crippen molar-refractivity contribution in [1.29, 1.82) is 0 Å². The zero-order chi connectivity index (χ0) is 7.40. The van der Waals surface area contributed by atoms with E-state index in [1.165, 1.54) is 0 Å². The molecule has 0 radical (unpaired) electrons. The molecule has 0 aromatic carbocycles. The van der Waals surface area contributed by atoms with Crippen LogP contribution in [0.25, 0.3) is 0 Å². The van der Waals surface area contributed by atoms with Gasteiger partial charge in [-0.25, -0.2) is 0 Å². The first-order valence-electron chi connectivity index (χ1n) is 3.74. The molecular formula is C7H15NO2. The fourth-order valence-corrected chi connectivity index (χ4v) is 1.26. The molecule has 0 aromatic heterocycles. The number of likely N-dealkylation sites (tertiary alicyclic amines) is 1. The summed E-state index contributed by atoms with van der Waals surface area (Å²) in [5.41, 5.74) is 0. The molecule has 0 amide bonds. The Morgan fingerprint density at radius 1 is 1.50 bits per heavy atom. The lowest BCUT2D eigenvalue weighted by atomic mass is 10.1. The Bertz CT molecular complexity index is 89.6. The molecule has 1 N–H and O–H groups in total. The van der Waals surface area contributed by atoms with Crippen molar-refractivity contribution in [2.75, 3.05) is 26.9 Å². The van der Waals surface area contributed by atoms with Crippen molar-refractivity contribution < 1.29 is 9.84 Å². The summed E-state index contributed by atoms with van der Waals surface area (Å²) in [5.74, 6) is 0. The molecule has 1 fully saturated rings. The summed E-state index contributed by atoms with van der Waals surface area (Å²) in [4.78, 5) is 2.28. The van der Waals surface area contributed by atoms with Crippen molar-refractivity contribution in [1.82, 2.24) is 4.90 Å². The quantitative estimate of drug-likeness (QED) is 0.557. The third-order valence-electron chi connectivity index (χ3n) is 1.98. The van der Waals surface area contributed by atoms with Crippen molar-refractivity contribution in [3.8, 4) is 0 Å². The molecule has 0 spiro atoms. The van der Waals surface area contributed by atoms with Gasteiger partial charge in [-0.15, -0.1) is 0 Å². The number of ether oxygens (including phenoxy) is 1. The van der Waals surface area contributed by atoms with Gasteiger partial charge in [0.05, 0.1) is 6.10 Å². The number of hydrogen-bond donors (Lipinski definition) is 1. The highest BCUT2D eigenvalue weighted by Crippen LogP contribution is 2.10. The zero-order valence-electron chi connectivity index (χ0n) is 6.42. The van der Waals surface area contributed by atoms with E-state index < -0.39 is 0 Å². The van der Waals surface area contributed by atoms with Crippen molar-refractivity contribution in [3.05, 3.63) is 0 Å². The Morgan fingerprint density at radius 3 is 2.60 bits per heavy atom. The predicted octanol–water partition coefficient (Wildman–Crippen LogP) is 0.0470. The summed E-state index contributed by atoms with van der Waals surface area (Å²) in [6.07, 6.45) is 2.40. The van der Waals surface area contributed by atoms with Gasteiger partial charge in [-0.1, -0.05) is 0 Å². The molecule has 1 heterocycles. The van der Waals surface area contributed by atoms with Gasteiger partial charge in [-0.2, -0.15) is 0 Å². The highest BCUT2D eigenvalue weighted by Gasteiger charge is 2.15. The molecule has 0 bridgehead atoms. The van der Waals surface area contributed by atoms with Crippen LogP contribution in [-0.4, -0.2) is 43.0 Å². The summed E-state index contributed by atoms with van der Waals surface area (Å²) in [7, 11) is 2.11. The second kappa shape index (κ2) is 3.91. The first kappa shape index (κ1) is 7.98. The van der Waals surface area contributed by atoms with Crippen LogP contribution in [0.4, 0.5) is 0 Å². The van der Waals surface area contributed by atoms with Gasteiger partial charge in [0.25, 0.3) is 0 Å². The number of piperidine rings is 1. The predicted molar refractivity (Wildman–Crippen MR) is 38.7 cm³/mol. The molecule has 3 heteroatoms. The Labute approximate surface area is 61.6 Å². The minimum absolute atomic E-state index is 0.131. The van der Waals surface area contributed by atoms with E-state index in [1.54, 1.807) is 0 Å². The van der Waals surface area contributed by atoms with Gasteiger partial charge in [-0.3, -0.25) is 0 Å². The summed E-state index contributed by atoms with van der Waals surface area (Å²) in [6.45, 7) is 2.05. The maximum atomic E-state index is 8.45. The van der Waals surface area contributed by atoms with E-state index in [2.05, 4.69) is 11.9 Å². The van der Waals surface area contributed by atoms with E-state index >= 15 is 0 Å². The Kier molecular flexibility index (Phi) is 3.12. The summed E-state index contributed by atoms with van der Waals surface area (Å²) >= 11 is 0. The summed E-state index contributed by atoms with van der Waals surface area (Å²) < 4.78 is 5.06. The third-order valence-corrected chi connectivity index (χ3v) is 1.98. The van der Waals surface area contributed by atoms with Gasteiger partial charge < -0.3 is 14.7 Å². The van der Waals surface area contributed by atoms with Crippen LogP contribution in [0.3, 0.4) is 0 Å². The fourth-order valence-electron chi connectivity index (χ4n) is 1.26. The lowest BCUT2D eigenvalue weighted by Gasteiger charge is -2.28. The number of aliphatic hydroxyl groups excluding tert-OH is 1. The average molecular weight is 145 g/mol. The number of rotatable bonds is 2. The lowest BCUT2D eigenvalue weighted by Crippen LogP contribution is -2.34. The van der Waals surface area contributed by atoms with E-state index in [9.17, 15) is 0 Å². The zero-order valence-corrected chi connectivity index (χ0v) is 6.42. The normalized spacial score (nSPS) is 23.4. The number of nitrogens with zero attached hydrogens (tertiary/aromatic N) is 1. The van der Waals surface area contributed by atoms with E-state index in [4.69, 9.17) is 9.84 Å². The molecule has 60 valence electrons.